The fraction of sp³-hybridized carbons (Fsp3) is 0.706. The molecule has 0 unspecified atom stereocenters. The van der Waals surface area contributed by atoms with Gasteiger partial charge in [-0.05, 0) is 38.5 Å². The third kappa shape index (κ3) is 16.9. The van der Waals surface area contributed by atoms with E-state index >= 15 is 0 Å². The summed E-state index contributed by atoms with van der Waals surface area (Å²) in [4.78, 5) is 10.3. The van der Waals surface area contributed by atoms with E-state index in [1.807, 2.05) is 0 Å². The van der Waals surface area contributed by atoms with Gasteiger partial charge >= 0.3 is 5.97 Å². The van der Waals surface area contributed by atoms with Crippen molar-refractivity contribution in [1.82, 2.24) is 0 Å². The Hall–Kier alpha value is -1.05. The lowest BCUT2D eigenvalue weighted by molar-refractivity contribution is -0.137. The zero-order valence-corrected chi connectivity index (χ0v) is 12.4. The molecule has 0 radical (unpaired) electrons. The Morgan fingerprint density at radius 1 is 0.842 bits per heavy atom. The van der Waals surface area contributed by atoms with Gasteiger partial charge in [-0.15, -0.1) is 0 Å². The van der Waals surface area contributed by atoms with Crippen LogP contribution in [0.1, 0.15) is 77.6 Å². The van der Waals surface area contributed by atoms with Crippen LogP contribution in [0.5, 0.6) is 0 Å². The molecule has 0 aliphatic rings. The lowest BCUT2D eigenvalue weighted by Gasteiger charge is -1.95. The number of hydrogen-bond acceptors (Lipinski definition) is 1. The second-order valence-electron chi connectivity index (χ2n) is 5.02. The number of unbranched alkanes of at least 4 members (excludes halogenated alkanes) is 7. The first-order valence-corrected chi connectivity index (χ1v) is 7.79. The van der Waals surface area contributed by atoms with E-state index in [1.54, 1.807) is 0 Å². The molecular formula is C17H30O2. The van der Waals surface area contributed by atoms with Crippen molar-refractivity contribution in [2.45, 2.75) is 77.6 Å². The quantitative estimate of drug-likeness (QED) is 0.353. The Morgan fingerprint density at radius 2 is 1.42 bits per heavy atom. The maximum atomic E-state index is 10.3. The molecule has 19 heavy (non-hydrogen) atoms. The van der Waals surface area contributed by atoms with Crippen LogP contribution in [-0.2, 0) is 4.79 Å². The van der Waals surface area contributed by atoms with E-state index in [9.17, 15) is 4.79 Å². The van der Waals surface area contributed by atoms with Crippen LogP contribution in [0.2, 0.25) is 0 Å². The molecule has 0 aromatic heterocycles. The van der Waals surface area contributed by atoms with Gasteiger partial charge in [0.25, 0.3) is 0 Å². The first-order valence-electron chi connectivity index (χ1n) is 7.79. The smallest absolute Gasteiger partial charge is 0.303 e. The molecule has 2 nitrogen and oxygen atoms in total. The molecule has 0 saturated carbocycles. The predicted octanol–water partition coefficient (Wildman–Crippen LogP) is 5.49. The van der Waals surface area contributed by atoms with E-state index in [2.05, 4.69) is 31.2 Å². The van der Waals surface area contributed by atoms with Gasteiger partial charge < -0.3 is 5.11 Å². The summed E-state index contributed by atoms with van der Waals surface area (Å²) in [7, 11) is 0. The van der Waals surface area contributed by atoms with Crippen LogP contribution in [0.4, 0.5) is 0 Å². The molecule has 2 heteroatoms. The van der Waals surface area contributed by atoms with Crippen LogP contribution in [0.15, 0.2) is 24.3 Å². The van der Waals surface area contributed by atoms with Gasteiger partial charge in [0.15, 0.2) is 0 Å². The number of hydrogen-bond donors (Lipinski definition) is 1. The number of carboxylic acids is 1. The highest BCUT2D eigenvalue weighted by Crippen LogP contribution is 2.06. The number of rotatable bonds is 13. The molecular weight excluding hydrogens is 236 g/mol. The number of carboxylic acid groups (broad SMARTS) is 1. The van der Waals surface area contributed by atoms with Crippen molar-refractivity contribution in [3.8, 4) is 0 Å². The number of carbonyl (C=O) groups is 1. The predicted molar refractivity (Wildman–Crippen MR) is 82.4 cm³/mol. The zero-order valence-electron chi connectivity index (χ0n) is 12.4. The standard InChI is InChI=1S/C17H30O2/c1-2-3-4-5-6-7-8-9-10-11-12-13-14-15-16-17(18)19/h8-9,11-12H,2-7,10,13-16H2,1H3,(H,18,19). The first-order chi connectivity index (χ1) is 9.27. The van der Waals surface area contributed by atoms with Gasteiger partial charge in [0, 0.05) is 6.42 Å². The van der Waals surface area contributed by atoms with Gasteiger partial charge in [-0.1, -0.05) is 56.9 Å². The molecule has 0 bridgehead atoms. The molecule has 0 aromatic rings. The third-order valence-corrected chi connectivity index (χ3v) is 3.09. The van der Waals surface area contributed by atoms with Crippen molar-refractivity contribution in [3.63, 3.8) is 0 Å². The maximum Gasteiger partial charge on any atom is 0.303 e. The minimum atomic E-state index is -0.689. The lowest BCUT2D eigenvalue weighted by Crippen LogP contribution is -1.92. The summed E-state index contributed by atoms with van der Waals surface area (Å²) < 4.78 is 0. The summed E-state index contributed by atoms with van der Waals surface area (Å²) in [5, 5.41) is 8.48. The highest BCUT2D eigenvalue weighted by atomic mass is 16.4. The highest BCUT2D eigenvalue weighted by molar-refractivity contribution is 5.66. The van der Waals surface area contributed by atoms with E-state index in [4.69, 9.17) is 5.11 Å². The summed E-state index contributed by atoms with van der Waals surface area (Å²) in [5.74, 6) is -0.689. The molecule has 0 spiro atoms. The van der Waals surface area contributed by atoms with Crippen LogP contribution in [-0.4, -0.2) is 11.1 Å². The van der Waals surface area contributed by atoms with Crippen LogP contribution in [0, 0.1) is 0 Å². The van der Waals surface area contributed by atoms with Crippen LogP contribution in [0.25, 0.3) is 0 Å². The molecule has 0 aromatic carbocycles. The largest absolute Gasteiger partial charge is 0.481 e. The second-order valence-corrected chi connectivity index (χ2v) is 5.02. The fourth-order valence-electron chi connectivity index (χ4n) is 1.91. The molecule has 0 saturated heterocycles. The average molecular weight is 266 g/mol. The second kappa shape index (κ2) is 15.0. The number of allylic oxidation sites excluding steroid dienone is 4. The van der Waals surface area contributed by atoms with Gasteiger partial charge in [-0.3, -0.25) is 4.79 Å². The van der Waals surface area contributed by atoms with Crippen molar-refractivity contribution in [1.29, 1.82) is 0 Å². The van der Waals surface area contributed by atoms with Crippen LogP contribution < -0.4 is 0 Å². The van der Waals surface area contributed by atoms with Gasteiger partial charge in [0.2, 0.25) is 0 Å². The Morgan fingerprint density at radius 3 is 2.00 bits per heavy atom. The van der Waals surface area contributed by atoms with E-state index < -0.39 is 5.97 Å². The van der Waals surface area contributed by atoms with Crippen LogP contribution in [0.3, 0.4) is 0 Å². The molecule has 1 N–H and O–H groups in total. The van der Waals surface area contributed by atoms with E-state index in [0.717, 1.165) is 25.7 Å². The van der Waals surface area contributed by atoms with Crippen molar-refractivity contribution >= 4 is 5.97 Å². The van der Waals surface area contributed by atoms with E-state index in [1.165, 1.54) is 38.5 Å². The minimum Gasteiger partial charge on any atom is -0.481 e. The van der Waals surface area contributed by atoms with Crippen LogP contribution >= 0.6 is 0 Å². The van der Waals surface area contributed by atoms with Gasteiger partial charge in [-0.2, -0.15) is 0 Å². The first kappa shape index (κ1) is 17.9. The summed E-state index contributed by atoms with van der Waals surface area (Å²) in [5.41, 5.74) is 0. The van der Waals surface area contributed by atoms with Crippen molar-refractivity contribution in [3.05, 3.63) is 24.3 Å². The SMILES string of the molecule is CCCCCCCC=CCC=CCCCCC(=O)O. The fourth-order valence-corrected chi connectivity index (χ4v) is 1.91. The Balaban J connectivity index is 3.21. The molecule has 0 aliphatic carbocycles. The Kier molecular flexibility index (Phi) is 14.2. The minimum absolute atomic E-state index is 0.297. The van der Waals surface area contributed by atoms with Gasteiger partial charge in [0.05, 0.1) is 0 Å². The van der Waals surface area contributed by atoms with Crippen molar-refractivity contribution in [2.75, 3.05) is 0 Å². The summed E-state index contributed by atoms with van der Waals surface area (Å²) in [6, 6.07) is 0. The molecule has 0 aliphatic heterocycles. The lowest BCUT2D eigenvalue weighted by atomic mass is 10.1. The molecule has 0 amide bonds. The normalized spacial score (nSPS) is 11.6. The van der Waals surface area contributed by atoms with E-state index in [-0.39, 0.29) is 0 Å². The highest BCUT2D eigenvalue weighted by Gasteiger charge is 1.93. The third-order valence-electron chi connectivity index (χ3n) is 3.09. The molecule has 0 fully saturated rings. The van der Waals surface area contributed by atoms with Crippen molar-refractivity contribution < 1.29 is 9.90 Å². The molecule has 0 heterocycles. The van der Waals surface area contributed by atoms with Gasteiger partial charge in [0.1, 0.15) is 0 Å². The molecule has 0 rings (SSSR count). The molecule has 0 atom stereocenters. The average Bonchev–Trinajstić information content (AvgIpc) is 2.39. The monoisotopic (exact) mass is 266 g/mol. The zero-order chi connectivity index (χ0) is 14.2. The summed E-state index contributed by atoms with van der Waals surface area (Å²) in [6.07, 6.45) is 20.8. The maximum absolute atomic E-state index is 10.3. The van der Waals surface area contributed by atoms with E-state index in [0.29, 0.717) is 6.42 Å². The Bertz CT molecular complexity index is 254. The summed E-state index contributed by atoms with van der Waals surface area (Å²) >= 11 is 0. The van der Waals surface area contributed by atoms with Crippen molar-refractivity contribution in [2.24, 2.45) is 0 Å². The molecule has 110 valence electrons. The van der Waals surface area contributed by atoms with Gasteiger partial charge in [-0.25, -0.2) is 0 Å². The summed E-state index contributed by atoms with van der Waals surface area (Å²) in [6.45, 7) is 2.24. The topological polar surface area (TPSA) is 37.3 Å². The Labute approximate surface area is 118 Å². The number of aliphatic carboxylic acids is 1.